The van der Waals surface area contributed by atoms with Crippen LogP contribution in [0.4, 0.5) is 5.69 Å². The molecule has 0 spiro atoms. The van der Waals surface area contributed by atoms with Gasteiger partial charge >= 0.3 is 0 Å². The molecule has 4 aromatic rings. The lowest BCUT2D eigenvalue weighted by molar-refractivity contribution is -0.245. The zero-order valence-corrected chi connectivity index (χ0v) is 23.3. The molecule has 5 rings (SSSR count). The third-order valence-electron chi connectivity index (χ3n) is 6.84. The first kappa shape index (κ1) is 28.6. The number of anilines is 1. The van der Waals surface area contributed by atoms with Crippen LogP contribution in [0.25, 0.3) is 0 Å². The number of aliphatic hydroxyl groups excluding tert-OH is 1. The molecule has 41 heavy (non-hydrogen) atoms. The minimum Gasteiger partial charge on any atom is -0.508 e. The molecule has 210 valence electrons. The van der Waals surface area contributed by atoms with Gasteiger partial charge in [-0.25, -0.2) is 0 Å². The van der Waals surface area contributed by atoms with Crippen LogP contribution >= 0.6 is 11.8 Å². The number of hydrogen-bond acceptors (Lipinski definition) is 7. The summed E-state index contributed by atoms with van der Waals surface area (Å²) in [6.07, 6.45) is -0.474. The van der Waals surface area contributed by atoms with Crippen molar-refractivity contribution in [1.82, 2.24) is 0 Å². The zero-order chi connectivity index (χ0) is 28.8. The van der Waals surface area contributed by atoms with Gasteiger partial charge in [0.1, 0.15) is 5.75 Å². The van der Waals surface area contributed by atoms with Gasteiger partial charge in [-0.2, -0.15) is 0 Å². The molecule has 7 nitrogen and oxygen atoms in total. The number of aliphatic hydroxyl groups is 1. The number of carbonyl (C=O) groups excluding carboxylic acids is 2. The number of Topliss-reactive ketones (excluding diaryl/α,β-unsaturated/α-hetero) is 1. The van der Waals surface area contributed by atoms with Crippen LogP contribution in [0, 0.1) is 0 Å². The normalized spacial score (nSPS) is 18.5. The van der Waals surface area contributed by atoms with Gasteiger partial charge in [-0.1, -0.05) is 48.5 Å². The van der Waals surface area contributed by atoms with Crippen molar-refractivity contribution >= 4 is 29.1 Å². The van der Waals surface area contributed by atoms with E-state index in [4.69, 9.17) is 9.47 Å². The SMILES string of the molecule is CC(=O)c1cccc(NC(=O)c2cccc(C3O[C@H](CSc4ccc(O)cc4)C[C@H](c4ccc(CO)cc4)O3)c2)c1. The van der Waals surface area contributed by atoms with Crippen LogP contribution in [0.1, 0.15) is 63.1 Å². The zero-order valence-electron chi connectivity index (χ0n) is 22.5. The van der Waals surface area contributed by atoms with Crippen molar-refractivity contribution in [2.75, 3.05) is 11.1 Å². The Balaban J connectivity index is 1.35. The molecule has 1 unspecified atom stereocenters. The van der Waals surface area contributed by atoms with Crippen molar-refractivity contribution in [3.05, 3.63) is 125 Å². The molecule has 4 aromatic carbocycles. The highest BCUT2D eigenvalue weighted by Gasteiger charge is 2.32. The van der Waals surface area contributed by atoms with E-state index in [1.165, 1.54) is 6.92 Å². The molecule has 0 radical (unpaired) electrons. The number of thioether (sulfide) groups is 1. The van der Waals surface area contributed by atoms with Gasteiger partial charge in [0.25, 0.3) is 5.91 Å². The number of benzene rings is 4. The van der Waals surface area contributed by atoms with Gasteiger partial charge < -0.3 is 25.0 Å². The van der Waals surface area contributed by atoms with Gasteiger partial charge in [0, 0.05) is 39.4 Å². The van der Waals surface area contributed by atoms with Crippen LogP contribution in [0.3, 0.4) is 0 Å². The lowest BCUT2D eigenvalue weighted by atomic mass is 10.0. The summed E-state index contributed by atoms with van der Waals surface area (Å²) in [5.41, 5.74) is 4.02. The Morgan fingerprint density at radius 2 is 1.61 bits per heavy atom. The molecule has 1 amide bonds. The van der Waals surface area contributed by atoms with Gasteiger partial charge in [-0.15, -0.1) is 11.8 Å². The second-order valence-corrected chi connectivity index (χ2v) is 11.0. The highest BCUT2D eigenvalue weighted by molar-refractivity contribution is 7.99. The van der Waals surface area contributed by atoms with E-state index in [1.54, 1.807) is 66.4 Å². The average Bonchev–Trinajstić information content (AvgIpc) is 3.01. The van der Waals surface area contributed by atoms with Crippen molar-refractivity contribution in [1.29, 1.82) is 0 Å². The summed E-state index contributed by atoms with van der Waals surface area (Å²) >= 11 is 1.64. The topological polar surface area (TPSA) is 105 Å². The van der Waals surface area contributed by atoms with Crippen molar-refractivity contribution in [3.8, 4) is 5.75 Å². The quantitative estimate of drug-likeness (QED) is 0.153. The molecule has 3 N–H and O–H groups in total. The fourth-order valence-electron chi connectivity index (χ4n) is 4.60. The molecule has 1 saturated heterocycles. The number of nitrogens with one attached hydrogen (secondary N) is 1. The molecule has 1 aliphatic rings. The largest absolute Gasteiger partial charge is 0.508 e. The van der Waals surface area contributed by atoms with E-state index in [9.17, 15) is 19.8 Å². The molecule has 0 aliphatic carbocycles. The Morgan fingerprint density at radius 3 is 2.34 bits per heavy atom. The minimum absolute atomic E-state index is 0.0304. The van der Waals surface area contributed by atoms with E-state index in [2.05, 4.69) is 5.32 Å². The molecule has 8 heteroatoms. The maximum absolute atomic E-state index is 13.1. The van der Waals surface area contributed by atoms with Crippen LogP contribution in [0.15, 0.2) is 102 Å². The summed E-state index contributed by atoms with van der Waals surface area (Å²) in [5.74, 6) is 0.508. The molecule has 1 heterocycles. The third kappa shape index (κ3) is 7.42. The lowest BCUT2D eigenvalue weighted by Crippen LogP contribution is -2.31. The van der Waals surface area contributed by atoms with E-state index in [-0.39, 0.29) is 36.3 Å². The van der Waals surface area contributed by atoms with Gasteiger partial charge in [0.15, 0.2) is 12.1 Å². The number of amides is 1. The molecular formula is C33H31NO6S. The number of phenolic OH excluding ortho intramolecular Hbond substituents is 1. The summed E-state index contributed by atoms with van der Waals surface area (Å²) < 4.78 is 12.8. The lowest BCUT2D eigenvalue weighted by Gasteiger charge is -2.36. The third-order valence-corrected chi connectivity index (χ3v) is 7.98. The summed E-state index contributed by atoms with van der Waals surface area (Å²) in [4.78, 5) is 25.9. The maximum Gasteiger partial charge on any atom is 0.255 e. The fraction of sp³-hybridized carbons (Fsp3) is 0.212. The highest BCUT2D eigenvalue weighted by Crippen LogP contribution is 2.39. The summed E-state index contributed by atoms with van der Waals surface area (Å²) in [5, 5.41) is 21.9. The van der Waals surface area contributed by atoms with E-state index < -0.39 is 6.29 Å². The number of rotatable bonds is 9. The Hall–Kier alpha value is -3.95. The first-order valence-corrected chi connectivity index (χ1v) is 14.3. The van der Waals surface area contributed by atoms with Crippen molar-refractivity contribution in [2.45, 2.75) is 43.3 Å². The monoisotopic (exact) mass is 569 g/mol. The van der Waals surface area contributed by atoms with Gasteiger partial charge in [-0.3, -0.25) is 9.59 Å². The van der Waals surface area contributed by atoms with E-state index in [0.29, 0.717) is 34.6 Å². The molecular weight excluding hydrogens is 538 g/mol. The van der Waals surface area contributed by atoms with E-state index in [0.717, 1.165) is 16.0 Å². The van der Waals surface area contributed by atoms with Gasteiger partial charge in [0.05, 0.1) is 18.8 Å². The predicted molar refractivity (Wildman–Crippen MR) is 158 cm³/mol. The van der Waals surface area contributed by atoms with Crippen LogP contribution in [0.2, 0.25) is 0 Å². The number of aromatic hydroxyl groups is 1. The molecule has 1 aliphatic heterocycles. The molecule has 1 fully saturated rings. The average molecular weight is 570 g/mol. The second kappa shape index (κ2) is 13.1. The minimum atomic E-state index is -0.703. The van der Waals surface area contributed by atoms with Crippen LogP contribution in [0.5, 0.6) is 5.75 Å². The van der Waals surface area contributed by atoms with Crippen LogP contribution < -0.4 is 5.32 Å². The van der Waals surface area contributed by atoms with E-state index >= 15 is 0 Å². The molecule has 0 saturated carbocycles. The Labute approximate surface area is 243 Å². The highest BCUT2D eigenvalue weighted by atomic mass is 32.2. The maximum atomic E-state index is 13.1. The van der Waals surface area contributed by atoms with E-state index in [1.807, 2.05) is 42.5 Å². The van der Waals surface area contributed by atoms with Gasteiger partial charge in [0.2, 0.25) is 0 Å². The molecule has 0 bridgehead atoms. The Bertz CT molecular complexity index is 1510. The number of hydrogen-bond donors (Lipinski definition) is 3. The first-order chi connectivity index (χ1) is 19.9. The summed E-state index contributed by atoms with van der Waals surface area (Å²) in [7, 11) is 0. The summed E-state index contributed by atoms with van der Waals surface area (Å²) in [6, 6.07) is 28.7. The fourth-order valence-corrected chi connectivity index (χ4v) is 5.52. The Morgan fingerprint density at radius 1 is 0.878 bits per heavy atom. The smallest absolute Gasteiger partial charge is 0.255 e. The van der Waals surface area contributed by atoms with Crippen LogP contribution in [-0.2, 0) is 16.1 Å². The number of carbonyl (C=O) groups is 2. The second-order valence-electron chi connectivity index (χ2n) is 9.87. The van der Waals surface area contributed by atoms with Crippen LogP contribution in [-0.4, -0.2) is 33.8 Å². The summed E-state index contributed by atoms with van der Waals surface area (Å²) in [6.45, 7) is 1.46. The predicted octanol–water partition coefficient (Wildman–Crippen LogP) is 6.68. The number of ether oxygens (including phenoxy) is 2. The number of ketones is 1. The van der Waals surface area contributed by atoms with Crippen molar-refractivity contribution in [3.63, 3.8) is 0 Å². The standard InChI is InChI=1S/C33H31NO6S/c1-21(36)24-4-3-7-27(17-24)34-32(38)25-5-2-6-26(16-25)33-39-29(20-41-30-14-12-28(37)13-15-30)18-31(40-33)23-10-8-22(19-35)9-11-23/h2-17,29,31,33,35,37H,18-20H2,1H3,(H,34,38)/t29-,31+,33?/m0/s1. The van der Waals surface area contributed by atoms with Crippen molar-refractivity contribution < 1.29 is 29.3 Å². The Kier molecular flexibility index (Phi) is 9.16. The first-order valence-electron chi connectivity index (χ1n) is 13.3. The molecule has 3 atom stereocenters. The number of phenols is 1. The van der Waals surface area contributed by atoms with Crippen molar-refractivity contribution in [2.24, 2.45) is 0 Å². The molecule has 0 aromatic heterocycles. The van der Waals surface area contributed by atoms with Gasteiger partial charge in [-0.05, 0) is 66.6 Å².